The van der Waals surface area contributed by atoms with Crippen LogP contribution in [0.3, 0.4) is 0 Å². The molecule has 3 heterocycles. The van der Waals surface area contributed by atoms with Crippen LogP contribution in [-0.4, -0.2) is 24.6 Å². The molecule has 0 saturated heterocycles. The number of benzene rings is 1. The van der Waals surface area contributed by atoms with Gasteiger partial charge in [-0.05, 0) is 42.8 Å². The number of rotatable bonds is 4. The number of imidazole rings is 1. The lowest BCUT2D eigenvalue weighted by atomic mass is 10.0. The second kappa shape index (κ2) is 6.45. The molecule has 0 amide bonds. The number of aliphatic hydroxyl groups is 1. The monoisotopic (exact) mass is 330 g/mol. The molecule has 25 heavy (non-hydrogen) atoms. The number of hydrogen-bond donors (Lipinski definition) is 1. The number of hydrogen-bond acceptors (Lipinski definition) is 4. The van der Waals surface area contributed by atoms with E-state index in [4.69, 9.17) is 0 Å². The van der Waals surface area contributed by atoms with Crippen LogP contribution in [0.1, 0.15) is 23.2 Å². The van der Waals surface area contributed by atoms with Crippen LogP contribution in [0.15, 0.2) is 67.1 Å². The van der Waals surface area contributed by atoms with Crippen LogP contribution in [0.4, 0.5) is 0 Å². The summed E-state index contributed by atoms with van der Waals surface area (Å²) in [6.07, 6.45) is 5.20. The molecule has 1 aromatic carbocycles. The van der Waals surface area contributed by atoms with Gasteiger partial charge in [-0.1, -0.05) is 18.2 Å². The summed E-state index contributed by atoms with van der Waals surface area (Å²) < 4.78 is 2.09. The van der Waals surface area contributed by atoms with E-state index < -0.39 is 6.10 Å². The van der Waals surface area contributed by atoms with Crippen molar-refractivity contribution in [1.29, 1.82) is 0 Å². The third-order valence-electron chi connectivity index (χ3n) is 4.29. The lowest BCUT2D eigenvalue weighted by Gasteiger charge is -2.12. The summed E-state index contributed by atoms with van der Waals surface area (Å²) in [4.78, 5) is 12.9. The van der Waals surface area contributed by atoms with E-state index in [1.54, 1.807) is 18.6 Å². The Kier molecular flexibility index (Phi) is 3.99. The van der Waals surface area contributed by atoms with Crippen molar-refractivity contribution >= 4 is 11.0 Å². The van der Waals surface area contributed by atoms with E-state index in [1.807, 2.05) is 55.5 Å². The highest BCUT2D eigenvalue weighted by Crippen LogP contribution is 2.23. The quantitative estimate of drug-likeness (QED) is 0.623. The molecule has 0 spiro atoms. The molecule has 0 aliphatic carbocycles. The Morgan fingerprint density at radius 2 is 1.88 bits per heavy atom. The molecule has 0 bridgehead atoms. The zero-order chi connectivity index (χ0) is 17.2. The number of aromatic nitrogens is 4. The molecular formula is C20H18N4O. The topological polar surface area (TPSA) is 63.8 Å². The van der Waals surface area contributed by atoms with Crippen molar-refractivity contribution in [2.24, 2.45) is 0 Å². The van der Waals surface area contributed by atoms with E-state index in [-0.39, 0.29) is 0 Å². The Morgan fingerprint density at radius 3 is 2.64 bits per heavy atom. The van der Waals surface area contributed by atoms with Crippen molar-refractivity contribution in [3.8, 4) is 5.69 Å². The number of aryl methyl sites for hydroxylation is 1. The molecule has 3 aromatic heterocycles. The Balaban J connectivity index is 1.62. The molecule has 5 heteroatoms. The molecule has 0 saturated carbocycles. The first-order chi connectivity index (χ1) is 12.2. The van der Waals surface area contributed by atoms with Crippen LogP contribution < -0.4 is 0 Å². The molecule has 1 atom stereocenters. The first-order valence-corrected chi connectivity index (χ1v) is 8.20. The van der Waals surface area contributed by atoms with E-state index in [0.717, 1.165) is 33.8 Å². The summed E-state index contributed by atoms with van der Waals surface area (Å²) in [6.45, 7) is 1.98. The minimum atomic E-state index is -0.575. The van der Waals surface area contributed by atoms with Crippen molar-refractivity contribution in [2.45, 2.75) is 19.4 Å². The summed E-state index contributed by atoms with van der Waals surface area (Å²) in [5, 5.41) is 10.5. The molecule has 4 rings (SSSR count). The SMILES string of the molecule is Cc1nc2cnccc2n1-c1ccc(C(O)Cc2ccccn2)cc1. The minimum absolute atomic E-state index is 0.499. The highest BCUT2D eigenvalue weighted by molar-refractivity contribution is 5.77. The average Bonchev–Trinajstić information content (AvgIpc) is 2.98. The maximum absolute atomic E-state index is 10.5. The zero-order valence-electron chi connectivity index (χ0n) is 13.9. The third kappa shape index (κ3) is 3.02. The molecule has 0 radical (unpaired) electrons. The largest absolute Gasteiger partial charge is 0.388 e. The molecule has 0 aliphatic heterocycles. The second-order valence-corrected chi connectivity index (χ2v) is 5.99. The Hall–Kier alpha value is -3.05. The highest BCUT2D eigenvalue weighted by Gasteiger charge is 2.12. The summed E-state index contributed by atoms with van der Waals surface area (Å²) in [7, 11) is 0. The predicted octanol–water partition coefficient (Wildman–Crippen LogP) is 3.40. The molecule has 4 aromatic rings. The van der Waals surface area contributed by atoms with E-state index >= 15 is 0 Å². The number of nitrogens with zero attached hydrogens (tertiary/aromatic N) is 4. The molecular weight excluding hydrogens is 312 g/mol. The van der Waals surface area contributed by atoms with Crippen molar-refractivity contribution in [3.05, 3.63) is 84.2 Å². The minimum Gasteiger partial charge on any atom is -0.388 e. The molecule has 5 nitrogen and oxygen atoms in total. The molecule has 1 N–H and O–H groups in total. The predicted molar refractivity (Wildman–Crippen MR) is 96.5 cm³/mol. The van der Waals surface area contributed by atoms with Crippen molar-refractivity contribution in [1.82, 2.24) is 19.5 Å². The smallest absolute Gasteiger partial charge is 0.111 e. The Labute approximate surface area is 145 Å². The first-order valence-electron chi connectivity index (χ1n) is 8.20. The third-order valence-corrected chi connectivity index (χ3v) is 4.29. The van der Waals surface area contributed by atoms with Crippen molar-refractivity contribution in [2.75, 3.05) is 0 Å². The maximum atomic E-state index is 10.5. The normalized spacial score (nSPS) is 12.4. The Bertz CT molecular complexity index is 993. The number of aliphatic hydroxyl groups excluding tert-OH is 1. The molecule has 0 aliphatic rings. The molecule has 124 valence electrons. The van der Waals surface area contributed by atoms with Crippen LogP contribution >= 0.6 is 0 Å². The van der Waals surface area contributed by atoms with Gasteiger partial charge in [0, 0.05) is 30.2 Å². The lowest BCUT2D eigenvalue weighted by molar-refractivity contribution is 0.177. The van der Waals surface area contributed by atoms with Gasteiger partial charge in [0.05, 0.1) is 17.8 Å². The van der Waals surface area contributed by atoms with Gasteiger partial charge in [0.25, 0.3) is 0 Å². The number of pyridine rings is 2. The summed E-state index contributed by atoms with van der Waals surface area (Å²) in [5.41, 5.74) is 4.66. The average molecular weight is 330 g/mol. The zero-order valence-corrected chi connectivity index (χ0v) is 13.9. The van der Waals surface area contributed by atoms with Gasteiger partial charge < -0.3 is 5.11 Å². The van der Waals surface area contributed by atoms with Gasteiger partial charge in [0.2, 0.25) is 0 Å². The number of fused-ring (bicyclic) bond motifs is 1. The van der Waals surface area contributed by atoms with Gasteiger partial charge in [-0.15, -0.1) is 0 Å². The van der Waals surface area contributed by atoms with Crippen molar-refractivity contribution in [3.63, 3.8) is 0 Å². The van der Waals surface area contributed by atoms with Gasteiger partial charge in [-0.25, -0.2) is 4.98 Å². The van der Waals surface area contributed by atoms with Gasteiger partial charge in [0.15, 0.2) is 0 Å². The van der Waals surface area contributed by atoms with E-state index in [0.29, 0.717) is 6.42 Å². The van der Waals surface area contributed by atoms with Gasteiger partial charge in [-0.3, -0.25) is 14.5 Å². The van der Waals surface area contributed by atoms with E-state index in [1.165, 1.54) is 0 Å². The van der Waals surface area contributed by atoms with Gasteiger partial charge in [0.1, 0.15) is 11.3 Å². The Morgan fingerprint density at radius 1 is 1.04 bits per heavy atom. The highest BCUT2D eigenvalue weighted by atomic mass is 16.3. The van der Waals surface area contributed by atoms with E-state index in [9.17, 15) is 5.11 Å². The second-order valence-electron chi connectivity index (χ2n) is 5.99. The standard InChI is InChI=1S/C20H18N4O/c1-14-23-18-13-21-11-9-19(18)24(14)17-7-5-15(6-8-17)20(25)12-16-4-2-3-10-22-16/h2-11,13,20,25H,12H2,1H3. The van der Waals surface area contributed by atoms with Crippen LogP contribution in [0.2, 0.25) is 0 Å². The van der Waals surface area contributed by atoms with Gasteiger partial charge in [-0.2, -0.15) is 0 Å². The van der Waals surface area contributed by atoms with Crippen LogP contribution in [0, 0.1) is 6.92 Å². The molecule has 1 unspecified atom stereocenters. The fourth-order valence-corrected chi connectivity index (χ4v) is 3.06. The fourth-order valence-electron chi connectivity index (χ4n) is 3.06. The van der Waals surface area contributed by atoms with Crippen LogP contribution in [0.5, 0.6) is 0 Å². The summed E-state index contributed by atoms with van der Waals surface area (Å²) in [6, 6.07) is 15.6. The lowest BCUT2D eigenvalue weighted by Crippen LogP contribution is -2.04. The van der Waals surface area contributed by atoms with E-state index in [2.05, 4.69) is 19.5 Å². The van der Waals surface area contributed by atoms with Crippen LogP contribution in [-0.2, 0) is 6.42 Å². The maximum Gasteiger partial charge on any atom is 0.111 e. The fraction of sp³-hybridized carbons (Fsp3) is 0.150. The summed E-state index contributed by atoms with van der Waals surface area (Å²) in [5.74, 6) is 0.907. The van der Waals surface area contributed by atoms with Crippen LogP contribution in [0.25, 0.3) is 16.7 Å². The van der Waals surface area contributed by atoms with Gasteiger partial charge >= 0.3 is 0 Å². The summed E-state index contributed by atoms with van der Waals surface area (Å²) >= 11 is 0. The van der Waals surface area contributed by atoms with Crippen molar-refractivity contribution < 1.29 is 5.11 Å². The molecule has 0 fully saturated rings. The first kappa shape index (κ1) is 15.5.